The van der Waals surface area contributed by atoms with E-state index in [1.54, 1.807) is 0 Å². The van der Waals surface area contributed by atoms with Gasteiger partial charge in [0, 0.05) is 13.0 Å². The number of nitrogens with zero attached hydrogens (tertiary/aromatic N) is 1. The number of carbonyl (C=O) groups is 1. The fraction of sp³-hybridized carbons (Fsp3) is 0.903. The predicted molar refractivity (Wildman–Crippen MR) is 162 cm³/mol. The number of hydrogen-bond acceptors (Lipinski definition) is 7. The molecule has 0 aromatic rings. The summed E-state index contributed by atoms with van der Waals surface area (Å²) in [6, 6.07) is 0. The maximum atomic E-state index is 12.1. The number of phosphoric ester groups is 1. The van der Waals surface area contributed by atoms with Crippen molar-refractivity contribution in [2.75, 3.05) is 54.1 Å². The van der Waals surface area contributed by atoms with Gasteiger partial charge >= 0.3 is 5.97 Å². The molecule has 0 fully saturated rings. The summed E-state index contributed by atoms with van der Waals surface area (Å²) < 4.78 is 33.8. The minimum absolute atomic E-state index is 0.0255. The molecule has 0 aliphatic carbocycles. The van der Waals surface area contributed by atoms with Crippen molar-refractivity contribution >= 4 is 13.8 Å². The summed E-state index contributed by atoms with van der Waals surface area (Å²) in [6.45, 7) is 5.13. The third-order valence-corrected chi connectivity index (χ3v) is 7.53. The van der Waals surface area contributed by atoms with E-state index in [9.17, 15) is 14.3 Å². The molecule has 0 aliphatic rings. The molecule has 0 heterocycles. The van der Waals surface area contributed by atoms with Crippen LogP contribution in [0, 0.1) is 0 Å². The lowest BCUT2D eigenvalue weighted by Crippen LogP contribution is -2.37. The second kappa shape index (κ2) is 25.9. The van der Waals surface area contributed by atoms with Crippen molar-refractivity contribution in [1.29, 1.82) is 0 Å². The molecule has 0 amide bonds. The number of likely N-dealkylation sites (N-methyl/N-ethyl adjacent to an activating group) is 1. The summed E-state index contributed by atoms with van der Waals surface area (Å²) in [5.41, 5.74) is 0. The van der Waals surface area contributed by atoms with Gasteiger partial charge in [0.15, 0.2) is 0 Å². The smallest absolute Gasteiger partial charge is 0.306 e. The third-order valence-electron chi connectivity index (χ3n) is 6.57. The molecule has 0 saturated heterocycles. The molecule has 0 spiro atoms. The van der Waals surface area contributed by atoms with Gasteiger partial charge in [-0.25, -0.2) is 0 Å². The van der Waals surface area contributed by atoms with E-state index in [4.69, 9.17) is 18.5 Å². The highest BCUT2D eigenvalue weighted by Gasteiger charge is 2.20. The normalized spacial score (nSPS) is 14.4. The zero-order chi connectivity index (χ0) is 30.0. The summed E-state index contributed by atoms with van der Waals surface area (Å²) in [5, 5.41) is 0. The minimum Gasteiger partial charge on any atom is -0.756 e. The molecular formula is C31H62NO7P. The molecule has 2 unspecified atom stereocenters. The Labute approximate surface area is 246 Å². The van der Waals surface area contributed by atoms with Gasteiger partial charge in [0.2, 0.25) is 0 Å². The van der Waals surface area contributed by atoms with Gasteiger partial charge in [0.25, 0.3) is 7.82 Å². The van der Waals surface area contributed by atoms with Crippen LogP contribution < -0.4 is 4.89 Å². The van der Waals surface area contributed by atoms with E-state index < -0.39 is 13.9 Å². The molecule has 0 aromatic carbocycles. The van der Waals surface area contributed by atoms with Gasteiger partial charge in [-0.3, -0.25) is 9.36 Å². The van der Waals surface area contributed by atoms with Crippen molar-refractivity contribution < 1.29 is 37.3 Å². The summed E-state index contributed by atoms with van der Waals surface area (Å²) in [6.07, 6.45) is 23.2. The molecule has 0 aliphatic heterocycles. The Bertz CT molecular complexity index is 667. The van der Waals surface area contributed by atoms with Crippen LogP contribution in [0.2, 0.25) is 0 Å². The number of allylic oxidation sites excluding steroid dienone is 2. The van der Waals surface area contributed by atoms with Gasteiger partial charge in [-0.15, -0.1) is 0 Å². The molecular weight excluding hydrogens is 529 g/mol. The van der Waals surface area contributed by atoms with Crippen LogP contribution in [0.4, 0.5) is 0 Å². The Morgan fingerprint density at radius 2 is 1.30 bits per heavy atom. The maximum Gasteiger partial charge on any atom is 0.306 e. The molecule has 0 aromatic heterocycles. The summed E-state index contributed by atoms with van der Waals surface area (Å²) >= 11 is 0. The van der Waals surface area contributed by atoms with Crippen LogP contribution in [0.1, 0.15) is 123 Å². The molecule has 9 heteroatoms. The molecule has 8 nitrogen and oxygen atoms in total. The van der Waals surface area contributed by atoms with Crippen LogP contribution in [0.3, 0.4) is 0 Å². The monoisotopic (exact) mass is 591 g/mol. The Balaban J connectivity index is 4.02. The van der Waals surface area contributed by atoms with Crippen molar-refractivity contribution in [3.05, 3.63) is 12.2 Å². The zero-order valence-electron chi connectivity index (χ0n) is 26.5. The standard InChI is InChI=1S/C31H62NO7P/c1-6-8-10-11-12-13-14-15-16-17-18-19-20-21-22-23-26-36-28-30(39-31(33)24-9-7-2)29-38-40(34,35)37-27-25-32(3,4)5/h15-16,30H,6-14,17-29H2,1-5H3/b16-15-. The van der Waals surface area contributed by atoms with Crippen molar-refractivity contribution in [2.24, 2.45) is 0 Å². The first-order valence-electron chi connectivity index (χ1n) is 15.9. The number of quaternary nitrogens is 1. The lowest BCUT2D eigenvalue weighted by atomic mass is 10.1. The van der Waals surface area contributed by atoms with Crippen LogP contribution in [0.5, 0.6) is 0 Å². The lowest BCUT2D eigenvalue weighted by molar-refractivity contribution is -0.870. The van der Waals surface area contributed by atoms with Crippen molar-refractivity contribution in [2.45, 2.75) is 129 Å². The average molecular weight is 592 g/mol. The minimum atomic E-state index is -4.49. The average Bonchev–Trinajstić information content (AvgIpc) is 2.88. The predicted octanol–water partition coefficient (Wildman–Crippen LogP) is 7.35. The van der Waals surface area contributed by atoms with Gasteiger partial charge in [-0.05, 0) is 38.5 Å². The topological polar surface area (TPSA) is 94.1 Å². The van der Waals surface area contributed by atoms with E-state index in [0.717, 1.165) is 25.7 Å². The number of unbranched alkanes of at least 4 members (excludes halogenated alkanes) is 13. The Hall–Kier alpha value is -0.760. The van der Waals surface area contributed by atoms with Crippen LogP contribution in [0.25, 0.3) is 0 Å². The summed E-state index contributed by atoms with van der Waals surface area (Å²) in [7, 11) is 1.35. The van der Waals surface area contributed by atoms with Gasteiger partial charge in [0.05, 0.1) is 34.4 Å². The quantitative estimate of drug-likeness (QED) is 0.0295. The largest absolute Gasteiger partial charge is 0.756 e. The summed E-state index contributed by atoms with van der Waals surface area (Å²) in [4.78, 5) is 24.2. The van der Waals surface area contributed by atoms with Crippen molar-refractivity contribution in [3.63, 3.8) is 0 Å². The summed E-state index contributed by atoms with van der Waals surface area (Å²) in [5.74, 6) is -0.372. The SMILES string of the molecule is CCCCCCCC/C=C\CCCCCCCCOCC(COP(=O)([O-])OCC[N+](C)(C)C)OC(=O)CCCC. The zero-order valence-corrected chi connectivity index (χ0v) is 27.4. The second-order valence-corrected chi connectivity index (χ2v) is 13.2. The highest BCUT2D eigenvalue weighted by atomic mass is 31.2. The third kappa shape index (κ3) is 28.8. The molecule has 0 bridgehead atoms. The van der Waals surface area contributed by atoms with Crippen LogP contribution in [0.15, 0.2) is 12.2 Å². The van der Waals surface area contributed by atoms with E-state index in [1.807, 2.05) is 28.1 Å². The second-order valence-electron chi connectivity index (χ2n) is 11.8. The molecule has 0 radical (unpaired) electrons. The van der Waals surface area contributed by atoms with Crippen LogP contribution in [-0.4, -0.2) is 70.7 Å². The van der Waals surface area contributed by atoms with E-state index in [0.29, 0.717) is 17.6 Å². The van der Waals surface area contributed by atoms with E-state index >= 15 is 0 Å². The Morgan fingerprint density at radius 1 is 0.750 bits per heavy atom. The molecule has 238 valence electrons. The first kappa shape index (κ1) is 39.2. The van der Waals surface area contributed by atoms with Crippen molar-refractivity contribution in [1.82, 2.24) is 0 Å². The highest BCUT2D eigenvalue weighted by Crippen LogP contribution is 2.38. The maximum absolute atomic E-state index is 12.1. The number of esters is 1. The molecule has 40 heavy (non-hydrogen) atoms. The van der Waals surface area contributed by atoms with Gasteiger partial charge in [0.1, 0.15) is 19.3 Å². The number of ether oxygens (including phenoxy) is 2. The Kier molecular flexibility index (Phi) is 25.4. The fourth-order valence-electron chi connectivity index (χ4n) is 3.99. The fourth-order valence-corrected chi connectivity index (χ4v) is 4.72. The number of phosphoric acid groups is 1. The highest BCUT2D eigenvalue weighted by molar-refractivity contribution is 7.45. The molecule has 0 rings (SSSR count). The van der Waals surface area contributed by atoms with Gasteiger partial charge < -0.3 is 27.9 Å². The van der Waals surface area contributed by atoms with Crippen LogP contribution >= 0.6 is 7.82 Å². The van der Waals surface area contributed by atoms with Gasteiger partial charge in [-0.1, -0.05) is 90.2 Å². The lowest BCUT2D eigenvalue weighted by Gasteiger charge is -2.28. The van der Waals surface area contributed by atoms with Gasteiger partial charge in [-0.2, -0.15) is 0 Å². The molecule has 0 N–H and O–H groups in total. The van der Waals surface area contributed by atoms with Crippen molar-refractivity contribution in [3.8, 4) is 0 Å². The molecule has 2 atom stereocenters. The van der Waals surface area contributed by atoms with Crippen LogP contribution in [-0.2, 0) is 27.9 Å². The number of rotatable bonds is 29. The van der Waals surface area contributed by atoms with E-state index in [1.165, 1.54) is 77.0 Å². The number of hydrogen-bond donors (Lipinski definition) is 0. The first-order chi connectivity index (χ1) is 19.1. The van der Waals surface area contributed by atoms with E-state index in [2.05, 4.69) is 19.1 Å². The molecule has 0 saturated carbocycles. The van der Waals surface area contributed by atoms with E-state index in [-0.39, 0.29) is 32.2 Å². The first-order valence-corrected chi connectivity index (χ1v) is 17.4. The Morgan fingerprint density at radius 3 is 1.88 bits per heavy atom. The number of carbonyl (C=O) groups excluding carboxylic acids is 1.